The van der Waals surface area contributed by atoms with E-state index in [0.717, 1.165) is 6.42 Å². The molecule has 1 unspecified atom stereocenters. The van der Waals surface area contributed by atoms with Gasteiger partial charge in [-0.05, 0) is 31.5 Å². The van der Waals surface area contributed by atoms with Crippen molar-refractivity contribution in [3.8, 4) is 0 Å². The largest absolute Gasteiger partial charge is 0.377 e. The van der Waals surface area contributed by atoms with Crippen LogP contribution in [0.3, 0.4) is 0 Å². The van der Waals surface area contributed by atoms with E-state index in [4.69, 9.17) is 10.7 Å². The first-order chi connectivity index (χ1) is 9.59. The monoisotopic (exact) mass is 332 g/mol. The molecule has 0 N–H and O–H groups in total. The third kappa shape index (κ3) is 4.11. The van der Waals surface area contributed by atoms with Crippen LogP contribution in [0.5, 0.6) is 0 Å². The van der Waals surface area contributed by atoms with Crippen molar-refractivity contribution in [2.24, 2.45) is 0 Å². The van der Waals surface area contributed by atoms with Crippen LogP contribution < -0.4 is 4.90 Å². The Morgan fingerprint density at radius 3 is 2.29 bits per heavy atom. The molecule has 118 valence electrons. The highest BCUT2D eigenvalue weighted by Gasteiger charge is 2.22. The fourth-order valence-electron chi connectivity index (χ4n) is 1.89. The lowest BCUT2D eigenvalue weighted by Crippen LogP contribution is -2.34. The first kappa shape index (κ1) is 17.8. The van der Waals surface area contributed by atoms with Crippen LogP contribution in [0.4, 0.5) is 5.69 Å². The molecule has 1 aromatic carbocycles. The van der Waals surface area contributed by atoms with E-state index in [9.17, 15) is 13.2 Å². The van der Waals surface area contributed by atoms with Crippen LogP contribution in [-0.4, -0.2) is 46.4 Å². The second-order valence-electron chi connectivity index (χ2n) is 5.19. The summed E-state index contributed by atoms with van der Waals surface area (Å²) in [6.07, 6.45) is 0.818. The smallest absolute Gasteiger partial charge is 0.263 e. The number of anilines is 1. The summed E-state index contributed by atoms with van der Waals surface area (Å²) in [5, 5.41) is 0. The van der Waals surface area contributed by atoms with Crippen molar-refractivity contribution in [1.29, 1.82) is 0 Å². The Labute approximate surface area is 130 Å². The molecule has 0 bridgehead atoms. The molecule has 5 nitrogen and oxygen atoms in total. The highest BCUT2D eigenvalue weighted by molar-refractivity contribution is 8.13. The summed E-state index contributed by atoms with van der Waals surface area (Å²) in [6.45, 7) is 3.92. The number of amides is 1. The molecular formula is C14H21ClN2O3S. The van der Waals surface area contributed by atoms with Gasteiger partial charge >= 0.3 is 0 Å². The first-order valence-electron chi connectivity index (χ1n) is 6.62. The highest BCUT2D eigenvalue weighted by Crippen LogP contribution is 2.28. The second-order valence-corrected chi connectivity index (χ2v) is 7.72. The van der Waals surface area contributed by atoms with E-state index in [2.05, 4.69) is 0 Å². The Bertz CT molecular complexity index is 629. The van der Waals surface area contributed by atoms with Crippen LogP contribution >= 0.6 is 10.7 Å². The first-order valence-corrected chi connectivity index (χ1v) is 8.93. The molecule has 0 aliphatic heterocycles. The maximum atomic E-state index is 12.4. The molecule has 1 amide bonds. The summed E-state index contributed by atoms with van der Waals surface area (Å²) in [6, 6.07) is 4.61. The molecule has 0 fully saturated rings. The Balaban J connectivity index is 3.33. The number of carbonyl (C=O) groups is 1. The maximum absolute atomic E-state index is 12.4. The van der Waals surface area contributed by atoms with E-state index >= 15 is 0 Å². The molecule has 0 aliphatic carbocycles. The number of nitrogens with zero attached hydrogens (tertiary/aromatic N) is 2. The summed E-state index contributed by atoms with van der Waals surface area (Å²) < 4.78 is 23.4. The van der Waals surface area contributed by atoms with Gasteiger partial charge in [0.05, 0.1) is 5.69 Å². The van der Waals surface area contributed by atoms with Crippen molar-refractivity contribution in [3.63, 3.8) is 0 Å². The van der Waals surface area contributed by atoms with Crippen LogP contribution in [-0.2, 0) is 9.05 Å². The molecule has 0 saturated heterocycles. The number of hydrogen-bond acceptors (Lipinski definition) is 4. The van der Waals surface area contributed by atoms with E-state index in [1.165, 1.54) is 6.07 Å². The van der Waals surface area contributed by atoms with Gasteiger partial charge in [0.25, 0.3) is 15.0 Å². The van der Waals surface area contributed by atoms with E-state index in [0.29, 0.717) is 11.3 Å². The lowest BCUT2D eigenvalue weighted by atomic mass is 10.1. The van der Waals surface area contributed by atoms with Crippen molar-refractivity contribution in [1.82, 2.24) is 4.90 Å². The van der Waals surface area contributed by atoms with Gasteiger partial charge in [0.15, 0.2) is 0 Å². The molecule has 1 atom stereocenters. The van der Waals surface area contributed by atoms with Gasteiger partial charge in [-0.15, -0.1) is 0 Å². The zero-order valence-electron chi connectivity index (χ0n) is 12.9. The Hall–Kier alpha value is -1.27. The van der Waals surface area contributed by atoms with Crippen LogP contribution in [0, 0.1) is 0 Å². The second kappa shape index (κ2) is 6.66. The molecule has 0 aromatic heterocycles. The van der Waals surface area contributed by atoms with Gasteiger partial charge in [0.2, 0.25) is 0 Å². The summed E-state index contributed by atoms with van der Waals surface area (Å²) in [5.41, 5.74) is 0.760. The average Bonchev–Trinajstić information content (AvgIpc) is 2.43. The van der Waals surface area contributed by atoms with Crippen molar-refractivity contribution < 1.29 is 13.2 Å². The van der Waals surface area contributed by atoms with E-state index in [1.54, 1.807) is 43.1 Å². The van der Waals surface area contributed by atoms with Gasteiger partial charge in [-0.1, -0.05) is 6.92 Å². The zero-order valence-corrected chi connectivity index (χ0v) is 14.5. The Kier molecular flexibility index (Phi) is 5.64. The third-order valence-corrected chi connectivity index (χ3v) is 4.87. The number of hydrogen-bond donors (Lipinski definition) is 0. The van der Waals surface area contributed by atoms with Gasteiger partial charge in [0, 0.05) is 43.4 Å². The summed E-state index contributed by atoms with van der Waals surface area (Å²) in [4.78, 5) is 15.6. The lowest BCUT2D eigenvalue weighted by molar-refractivity contribution is 0.0740. The fraction of sp³-hybridized carbons (Fsp3) is 0.500. The van der Waals surface area contributed by atoms with Gasteiger partial charge < -0.3 is 9.80 Å². The molecule has 0 heterocycles. The number of carbonyl (C=O) groups excluding carboxylic acids is 1. The third-order valence-electron chi connectivity index (χ3n) is 3.52. The van der Waals surface area contributed by atoms with Gasteiger partial charge in [-0.3, -0.25) is 4.79 Å². The molecule has 0 spiro atoms. The molecule has 1 rings (SSSR count). The number of halogens is 1. The molecule has 0 radical (unpaired) electrons. The summed E-state index contributed by atoms with van der Waals surface area (Å²) in [7, 11) is 6.68. The van der Waals surface area contributed by atoms with Crippen LogP contribution in [0.25, 0.3) is 0 Å². The van der Waals surface area contributed by atoms with Crippen LogP contribution in [0.15, 0.2) is 23.1 Å². The van der Waals surface area contributed by atoms with E-state index < -0.39 is 9.05 Å². The van der Waals surface area contributed by atoms with Crippen LogP contribution in [0.2, 0.25) is 0 Å². The molecule has 7 heteroatoms. The minimum atomic E-state index is -3.93. The average molecular weight is 333 g/mol. The molecule has 0 saturated carbocycles. The SMILES string of the molecule is CCC(C)N(C)C(=O)c1ccc(N(C)C)c(S(=O)(=O)Cl)c1. The van der Waals surface area contributed by atoms with Gasteiger partial charge in [0.1, 0.15) is 4.90 Å². The fourth-order valence-corrected chi connectivity index (χ4v) is 3.03. The van der Waals surface area contributed by atoms with Crippen LogP contribution in [0.1, 0.15) is 30.6 Å². The molecule has 21 heavy (non-hydrogen) atoms. The van der Waals surface area contributed by atoms with Gasteiger partial charge in [-0.2, -0.15) is 0 Å². The van der Waals surface area contributed by atoms with Crippen molar-refractivity contribution in [3.05, 3.63) is 23.8 Å². The standard InChI is InChI=1S/C14H21ClN2O3S/c1-6-10(2)17(5)14(18)11-7-8-12(16(3)4)13(9-11)21(15,19)20/h7-10H,6H2,1-5H3. The normalized spacial score (nSPS) is 12.9. The van der Waals surface area contributed by atoms with Crippen molar-refractivity contribution >= 4 is 31.3 Å². The highest BCUT2D eigenvalue weighted by atomic mass is 35.7. The Morgan fingerprint density at radius 2 is 1.86 bits per heavy atom. The lowest BCUT2D eigenvalue weighted by Gasteiger charge is -2.24. The molecule has 0 aliphatic rings. The minimum Gasteiger partial charge on any atom is -0.377 e. The summed E-state index contributed by atoms with van der Waals surface area (Å²) in [5.74, 6) is -0.226. The minimum absolute atomic E-state index is 0.0578. The van der Waals surface area contributed by atoms with Gasteiger partial charge in [-0.25, -0.2) is 8.42 Å². The van der Waals surface area contributed by atoms with E-state index in [-0.39, 0.29) is 16.8 Å². The quantitative estimate of drug-likeness (QED) is 0.777. The zero-order chi connectivity index (χ0) is 16.4. The predicted octanol–water partition coefficient (Wildman–Crippen LogP) is 2.55. The number of benzene rings is 1. The summed E-state index contributed by atoms with van der Waals surface area (Å²) >= 11 is 0. The molecular weight excluding hydrogens is 312 g/mol. The predicted molar refractivity (Wildman–Crippen MR) is 85.7 cm³/mol. The Morgan fingerprint density at radius 1 is 1.29 bits per heavy atom. The maximum Gasteiger partial charge on any atom is 0.263 e. The van der Waals surface area contributed by atoms with E-state index in [1.807, 2.05) is 13.8 Å². The molecule has 1 aromatic rings. The number of rotatable bonds is 5. The van der Waals surface area contributed by atoms with Crippen molar-refractivity contribution in [2.75, 3.05) is 26.0 Å². The van der Waals surface area contributed by atoms with Crippen molar-refractivity contribution in [2.45, 2.75) is 31.2 Å². The topological polar surface area (TPSA) is 57.7 Å².